The summed E-state index contributed by atoms with van der Waals surface area (Å²) in [5, 5.41) is 8.94. The Labute approximate surface area is 246 Å². The molecule has 0 aliphatic carbocycles. The fourth-order valence-electron chi connectivity index (χ4n) is 4.36. The molecule has 41 heavy (non-hydrogen) atoms. The minimum absolute atomic E-state index is 0.0331. The fourth-order valence-corrected chi connectivity index (χ4v) is 4.55. The van der Waals surface area contributed by atoms with Gasteiger partial charge in [0.2, 0.25) is 17.7 Å². The van der Waals surface area contributed by atoms with Crippen molar-refractivity contribution in [1.82, 2.24) is 20.9 Å². The lowest BCUT2D eigenvalue weighted by atomic mass is 10.0. The molecule has 3 rings (SSSR count). The first-order valence-corrected chi connectivity index (χ1v) is 14.2. The van der Waals surface area contributed by atoms with Crippen LogP contribution in [0, 0.1) is 5.92 Å². The minimum Gasteiger partial charge on any atom is -0.491 e. The summed E-state index contributed by atoms with van der Waals surface area (Å²) < 4.78 is 11.5. The highest BCUT2D eigenvalue weighted by molar-refractivity contribution is 6.31. The van der Waals surface area contributed by atoms with Gasteiger partial charge < -0.3 is 30.3 Å². The monoisotopic (exact) mass is 586 g/mol. The third-order valence-corrected chi connectivity index (χ3v) is 6.94. The van der Waals surface area contributed by atoms with E-state index in [4.69, 9.17) is 21.1 Å². The maximum absolute atomic E-state index is 13.2. The molecule has 2 atom stereocenters. The zero-order valence-corrected chi connectivity index (χ0v) is 24.5. The van der Waals surface area contributed by atoms with Crippen LogP contribution >= 0.6 is 11.6 Å². The second kappa shape index (κ2) is 16.0. The Kier molecular flexibility index (Phi) is 12.4. The number of carbonyl (C=O) groups is 4. The minimum atomic E-state index is -1.00. The van der Waals surface area contributed by atoms with Crippen LogP contribution in [-0.2, 0) is 25.7 Å². The highest BCUT2D eigenvalue weighted by Gasteiger charge is 2.28. The van der Waals surface area contributed by atoms with Gasteiger partial charge in [0.1, 0.15) is 24.4 Å². The lowest BCUT2D eigenvalue weighted by Gasteiger charge is -2.26. The van der Waals surface area contributed by atoms with Gasteiger partial charge in [-0.15, -0.1) is 0 Å². The summed E-state index contributed by atoms with van der Waals surface area (Å²) in [7, 11) is 1.65. The van der Waals surface area contributed by atoms with Gasteiger partial charge in [0.05, 0.1) is 25.3 Å². The number of hydrogen-bond donors (Lipinski definition) is 3. The number of nitrogens with one attached hydrogen (secondary N) is 3. The fraction of sp³-hybridized carbons (Fsp3) is 0.467. The molecule has 222 valence electrons. The van der Waals surface area contributed by atoms with E-state index in [-0.39, 0.29) is 69.0 Å². The van der Waals surface area contributed by atoms with E-state index in [0.717, 1.165) is 5.56 Å². The molecule has 4 amide bonds. The van der Waals surface area contributed by atoms with Crippen molar-refractivity contribution in [3.63, 3.8) is 0 Å². The second-order valence-electron chi connectivity index (χ2n) is 10.4. The standard InChI is InChI=1S/C30H39ClN4O6/c1-20(2)18-25-30(39)35(3)15-17-41-26-11-7-5-9-22(26)28(37)34-24(12-13-27(36)33-25)29(38)32-14-16-40-19-21-8-4-6-10-23(21)31/h4-11,20,24-25H,12-19H2,1-3H3,(H,32,38)(H,33,36)(H,34,37)/t24-,25-/m0/s1. The Hall–Kier alpha value is -3.63. The summed E-state index contributed by atoms with van der Waals surface area (Å²) in [6.45, 7) is 5.07. The van der Waals surface area contributed by atoms with Crippen LogP contribution < -0.4 is 20.7 Å². The van der Waals surface area contributed by atoms with Crippen LogP contribution in [0.5, 0.6) is 5.75 Å². The number of likely N-dealkylation sites (N-methyl/N-ethyl adjacent to an activating group) is 1. The molecule has 0 bridgehead atoms. The molecule has 0 saturated carbocycles. The van der Waals surface area contributed by atoms with Crippen LogP contribution in [0.15, 0.2) is 48.5 Å². The van der Waals surface area contributed by atoms with Crippen LogP contribution in [0.3, 0.4) is 0 Å². The molecule has 0 fully saturated rings. The molecule has 0 saturated heterocycles. The number of halogens is 1. The molecule has 11 heteroatoms. The molecule has 0 aromatic heterocycles. The quantitative estimate of drug-likeness (QED) is 0.408. The van der Waals surface area contributed by atoms with E-state index in [9.17, 15) is 19.2 Å². The van der Waals surface area contributed by atoms with Crippen LogP contribution in [-0.4, -0.2) is 74.0 Å². The maximum atomic E-state index is 13.2. The number of rotatable bonds is 8. The molecule has 0 radical (unpaired) electrons. The molecule has 0 unspecified atom stereocenters. The summed E-state index contributed by atoms with van der Waals surface area (Å²) >= 11 is 6.15. The number of benzene rings is 2. The van der Waals surface area contributed by atoms with Gasteiger partial charge in [-0.25, -0.2) is 0 Å². The van der Waals surface area contributed by atoms with E-state index >= 15 is 0 Å². The third kappa shape index (κ3) is 10.1. The predicted octanol–water partition coefficient (Wildman–Crippen LogP) is 2.93. The topological polar surface area (TPSA) is 126 Å². The van der Waals surface area contributed by atoms with Gasteiger partial charge in [-0.2, -0.15) is 0 Å². The van der Waals surface area contributed by atoms with Gasteiger partial charge in [0, 0.05) is 25.0 Å². The van der Waals surface area contributed by atoms with Crippen LogP contribution in [0.25, 0.3) is 0 Å². The third-order valence-electron chi connectivity index (χ3n) is 6.58. The van der Waals surface area contributed by atoms with E-state index in [1.807, 2.05) is 32.0 Å². The van der Waals surface area contributed by atoms with E-state index in [0.29, 0.717) is 17.2 Å². The molecule has 3 N–H and O–H groups in total. The number of amides is 4. The SMILES string of the molecule is CC(C)C[C@@H]1NC(=O)CC[C@@H](C(=O)NCCOCc2ccccc2Cl)NC(=O)c2ccccc2OCCN(C)C1=O. The van der Waals surface area contributed by atoms with Gasteiger partial charge in [-0.3, -0.25) is 19.2 Å². The summed E-state index contributed by atoms with van der Waals surface area (Å²) in [4.78, 5) is 53.9. The van der Waals surface area contributed by atoms with Gasteiger partial charge in [0.15, 0.2) is 0 Å². The van der Waals surface area contributed by atoms with Crippen molar-refractivity contribution in [2.75, 3.05) is 33.4 Å². The lowest BCUT2D eigenvalue weighted by Crippen LogP contribution is -2.50. The molecule has 0 spiro atoms. The lowest BCUT2D eigenvalue weighted by molar-refractivity contribution is -0.136. The average molecular weight is 587 g/mol. The summed E-state index contributed by atoms with van der Waals surface area (Å²) in [5.41, 5.74) is 1.08. The van der Waals surface area contributed by atoms with Gasteiger partial charge >= 0.3 is 0 Å². The molecule has 1 aliphatic heterocycles. The Bertz CT molecular complexity index is 1210. The van der Waals surface area contributed by atoms with E-state index in [2.05, 4.69) is 16.0 Å². The zero-order valence-electron chi connectivity index (χ0n) is 23.8. The van der Waals surface area contributed by atoms with Crippen molar-refractivity contribution in [1.29, 1.82) is 0 Å². The number of carbonyl (C=O) groups excluding carboxylic acids is 4. The Morgan fingerprint density at radius 2 is 1.85 bits per heavy atom. The number of hydrogen-bond acceptors (Lipinski definition) is 6. The molecule has 2 aromatic carbocycles. The van der Waals surface area contributed by atoms with Crippen molar-refractivity contribution in [3.8, 4) is 5.75 Å². The Balaban J connectivity index is 1.71. The van der Waals surface area contributed by atoms with E-state index in [1.54, 1.807) is 37.4 Å². The van der Waals surface area contributed by atoms with Crippen LogP contribution in [0.1, 0.15) is 49.0 Å². The smallest absolute Gasteiger partial charge is 0.255 e. The first-order chi connectivity index (χ1) is 19.7. The normalized spacial score (nSPS) is 18.9. The first-order valence-electron chi connectivity index (χ1n) is 13.8. The van der Waals surface area contributed by atoms with Gasteiger partial charge in [-0.1, -0.05) is 55.8 Å². The van der Waals surface area contributed by atoms with Crippen LogP contribution in [0.4, 0.5) is 0 Å². The molecule has 1 aliphatic rings. The van der Waals surface area contributed by atoms with Crippen molar-refractivity contribution in [3.05, 3.63) is 64.7 Å². The Morgan fingerprint density at radius 3 is 2.61 bits per heavy atom. The summed E-state index contributed by atoms with van der Waals surface area (Å²) in [5.74, 6) is -1.06. The number of fused-ring (bicyclic) bond motifs is 1. The van der Waals surface area contributed by atoms with Crippen molar-refractivity contribution in [2.24, 2.45) is 5.92 Å². The second-order valence-corrected chi connectivity index (χ2v) is 10.8. The Morgan fingerprint density at radius 1 is 1.12 bits per heavy atom. The molecule has 2 aromatic rings. The first kappa shape index (κ1) is 31.9. The van der Waals surface area contributed by atoms with Crippen molar-refractivity contribution < 1.29 is 28.7 Å². The predicted molar refractivity (Wildman–Crippen MR) is 156 cm³/mol. The van der Waals surface area contributed by atoms with Gasteiger partial charge in [-0.05, 0) is 42.5 Å². The largest absolute Gasteiger partial charge is 0.491 e. The molecule has 1 heterocycles. The molecular formula is C30H39ClN4O6. The van der Waals surface area contributed by atoms with Crippen molar-refractivity contribution >= 4 is 35.2 Å². The van der Waals surface area contributed by atoms with Crippen molar-refractivity contribution in [2.45, 2.75) is 51.8 Å². The van der Waals surface area contributed by atoms with Gasteiger partial charge in [0.25, 0.3) is 5.91 Å². The average Bonchev–Trinajstić information content (AvgIpc) is 2.94. The number of ether oxygens (including phenoxy) is 2. The maximum Gasteiger partial charge on any atom is 0.255 e. The highest BCUT2D eigenvalue weighted by atomic mass is 35.5. The number of nitrogens with zero attached hydrogens (tertiary/aromatic N) is 1. The van der Waals surface area contributed by atoms with Crippen LogP contribution in [0.2, 0.25) is 5.02 Å². The summed E-state index contributed by atoms with van der Waals surface area (Å²) in [6.07, 6.45) is 0.434. The van der Waals surface area contributed by atoms with E-state index in [1.165, 1.54) is 4.90 Å². The zero-order chi connectivity index (χ0) is 29.8. The molecular weight excluding hydrogens is 548 g/mol. The van der Waals surface area contributed by atoms with E-state index < -0.39 is 23.9 Å². The number of para-hydroxylation sites is 1. The molecule has 10 nitrogen and oxygen atoms in total. The summed E-state index contributed by atoms with van der Waals surface area (Å²) in [6, 6.07) is 12.3. The highest BCUT2D eigenvalue weighted by Crippen LogP contribution is 2.19.